The molecule has 5 nitrogen and oxygen atoms in total. The summed E-state index contributed by atoms with van der Waals surface area (Å²) in [7, 11) is 0. The van der Waals surface area contributed by atoms with Gasteiger partial charge in [-0.15, -0.1) is 0 Å². The van der Waals surface area contributed by atoms with Crippen LogP contribution < -0.4 is 5.32 Å². The van der Waals surface area contributed by atoms with E-state index in [0.29, 0.717) is 18.7 Å². The molecule has 0 aromatic carbocycles. The summed E-state index contributed by atoms with van der Waals surface area (Å²) in [5.41, 5.74) is 1.27. The van der Waals surface area contributed by atoms with Gasteiger partial charge in [-0.3, -0.25) is 4.79 Å². The molecular formula is C13H16N4O. The molecule has 1 amide bonds. The first-order valence-corrected chi connectivity index (χ1v) is 6.09. The molecule has 2 rings (SSSR count). The maximum Gasteiger partial charge on any atom is 0.222 e. The van der Waals surface area contributed by atoms with Crippen molar-refractivity contribution in [3.63, 3.8) is 0 Å². The van der Waals surface area contributed by atoms with Crippen LogP contribution in [0.1, 0.15) is 25.5 Å². The third-order valence-corrected chi connectivity index (χ3v) is 2.96. The van der Waals surface area contributed by atoms with E-state index >= 15 is 0 Å². The Morgan fingerprint density at radius 2 is 2.44 bits per heavy atom. The van der Waals surface area contributed by atoms with Crippen molar-refractivity contribution in [1.82, 2.24) is 9.88 Å². The number of amides is 1. The predicted octanol–water partition coefficient (Wildman–Crippen LogP) is 1.38. The van der Waals surface area contributed by atoms with Crippen LogP contribution in [-0.4, -0.2) is 34.9 Å². The molecule has 1 aromatic heterocycles. The van der Waals surface area contributed by atoms with E-state index in [-0.39, 0.29) is 11.9 Å². The Bertz CT molecular complexity index is 463. The molecule has 1 atom stereocenters. The molecule has 0 spiro atoms. The summed E-state index contributed by atoms with van der Waals surface area (Å²) in [5, 5.41) is 11.9. The van der Waals surface area contributed by atoms with Crippen LogP contribution in [0.2, 0.25) is 0 Å². The van der Waals surface area contributed by atoms with Crippen LogP contribution in [0.3, 0.4) is 0 Å². The zero-order valence-electron chi connectivity index (χ0n) is 10.4. The number of likely N-dealkylation sites (tertiary alicyclic amines) is 1. The van der Waals surface area contributed by atoms with Gasteiger partial charge in [-0.2, -0.15) is 5.26 Å². The van der Waals surface area contributed by atoms with Crippen LogP contribution in [0, 0.1) is 11.3 Å². The van der Waals surface area contributed by atoms with Crippen LogP contribution in [0.15, 0.2) is 18.3 Å². The summed E-state index contributed by atoms with van der Waals surface area (Å²) < 4.78 is 0. The molecule has 0 saturated carbocycles. The van der Waals surface area contributed by atoms with Gasteiger partial charge >= 0.3 is 0 Å². The third kappa shape index (κ3) is 2.98. The van der Waals surface area contributed by atoms with E-state index in [1.807, 2.05) is 24.0 Å². The first kappa shape index (κ1) is 12.4. The highest BCUT2D eigenvalue weighted by Gasteiger charge is 2.21. The highest BCUT2D eigenvalue weighted by molar-refractivity contribution is 5.78. The molecule has 0 bridgehead atoms. The first-order chi connectivity index (χ1) is 8.69. The van der Waals surface area contributed by atoms with E-state index in [2.05, 4.69) is 10.3 Å². The molecule has 1 aliphatic rings. The lowest BCUT2D eigenvalue weighted by Gasteiger charge is -2.22. The molecule has 94 valence electrons. The molecule has 1 aliphatic heterocycles. The van der Waals surface area contributed by atoms with Crippen LogP contribution in [0.5, 0.6) is 0 Å². The topological polar surface area (TPSA) is 69.0 Å². The SMILES string of the molecule is CC(CN1CCCC1=O)Nc1ccc(C#N)nc1. The monoisotopic (exact) mass is 244 g/mol. The van der Waals surface area contributed by atoms with Crippen LogP contribution in [0.4, 0.5) is 5.69 Å². The van der Waals surface area contributed by atoms with Crippen molar-refractivity contribution >= 4 is 11.6 Å². The number of anilines is 1. The van der Waals surface area contributed by atoms with Crippen molar-refractivity contribution in [2.45, 2.75) is 25.8 Å². The smallest absolute Gasteiger partial charge is 0.222 e. The average Bonchev–Trinajstić information content (AvgIpc) is 2.76. The summed E-state index contributed by atoms with van der Waals surface area (Å²) in [4.78, 5) is 17.4. The summed E-state index contributed by atoms with van der Waals surface area (Å²) in [6, 6.07) is 5.65. The normalized spacial score (nSPS) is 16.4. The minimum absolute atomic E-state index is 0.168. The van der Waals surface area contributed by atoms with Gasteiger partial charge in [-0.25, -0.2) is 4.98 Å². The Kier molecular flexibility index (Phi) is 3.78. The number of carbonyl (C=O) groups is 1. The lowest BCUT2D eigenvalue weighted by Crippen LogP contribution is -2.35. The molecule has 2 heterocycles. The quantitative estimate of drug-likeness (QED) is 0.868. The second kappa shape index (κ2) is 5.50. The molecule has 18 heavy (non-hydrogen) atoms. The van der Waals surface area contributed by atoms with E-state index < -0.39 is 0 Å². The molecule has 1 unspecified atom stereocenters. The van der Waals surface area contributed by atoms with Gasteiger partial charge in [-0.1, -0.05) is 0 Å². The molecule has 5 heteroatoms. The van der Waals surface area contributed by atoms with Crippen molar-refractivity contribution < 1.29 is 4.79 Å². The summed E-state index contributed by atoms with van der Waals surface area (Å²) in [6.45, 7) is 3.60. The minimum Gasteiger partial charge on any atom is -0.380 e. The molecule has 0 aliphatic carbocycles. The van der Waals surface area contributed by atoms with E-state index in [1.54, 1.807) is 12.3 Å². The summed E-state index contributed by atoms with van der Waals surface area (Å²) >= 11 is 0. The second-order valence-electron chi connectivity index (χ2n) is 4.53. The van der Waals surface area contributed by atoms with Gasteiger partial charge in [0.25, 0.3) is 0 Å². The third-order valence-electron chi connectivity index (χ3n) is 2.96. The van der Waals surface area contributed by atoms with E-state index in [1.165, 1.54) is 0 Å². The Balaban J connectivity index is 1.88. The number of hydrogen-bond acceptors (Lipinski definition) is 4. The van der Waals surface area contributed by atoms with Crippen molar-refractivity contribution in [1.29, 1.82) is 5.26 Å². The maximum atomic E-state index is 11.5. The van der Waals surface area contributed by atoms with Gasteiger partial charge < -0.3 is 10.2 Å². The standard InChI is InChI=1S/C13H16N4O/c1-10(9-17-6-2-3-13(17)18)16-12-5-4-11(7-14)15-8-12/h4-5,8,10,16H,2-3,6,9H2,1H3. The predicted molar refractivity (Wildman–Crippen MR) is 67.9 cm³/mol. The van der Waals surface area contributed by atoms with Crippen molar-refractivity contribution in [2.75, 3.05) is 18.4 Å². The second-order valence-corrected chi connectivity index (χ2v) is 4.53. The largest absolute Gasteiger partial charge is 0.380 e. The molecular weight excluding hydrogens is 228 g/mol. The number of pyridine rings is 1. The van der Waals surface area contributed by atoms with Gasteiger partial charge in [0.1, 0.15) is 11.8 Å². The summed E-state index contributed by atoms with van der Waals surface area (Å²) in [5.74, 6) is 0.238. The molecule has 1 fully saturated rings. The maximum absolute atomic E-state index is 11.5. The van der Waals surface area contributed by atoms with Gasteiger partial charge in [0.2, 0.25) is 5.91 Å². The Hall–Kier alpha value is -2.09. The van der Waals surface area contributed by atoms with E-state index in [9.17, 15) is 4.79 Å². The zero-order valence-corrected chi connectivity index (χ0v) is 10.4. The fourth-order valence-electron chi connectivity index (χ4n) is 2.10. The average molecular weight is 244 g/mol. The number of nitriles is 1. The van der Waals surface area contributed by atoms with Crippen LogP contribution in [0.25, 0.3) is 0 Å². The van der Waals surface area contributed by atoms with Crippen LogP contribution in [-0.2, 0) is 4.79 Å². The highest BCUT2D eigenvalue weighted by atomic mass is 16.2. The molecule has 1 saturated heterocycles. The fraction of sp³-hybridized carbons (Fsp3) is 0.462. The van der Waals surface area contributed by atoms with Gasteiger partial charge in [0, 0.05) is 25.6 Å². The van der Waals surface area contributed by atoms with Crippen molar-refractivity contribution in [3.8, 4) is 6.07 Å². The minimum atomic E-state index is 0.168. The van der Waals surface area contributed by atoms with E-state index in [0.717, 1.165) is 18.7 Å². The van der Waals surface area contributed by atoms with Gasteiger partial charge in [0.05, 0.1) is 11.9 Å². The number of hydrogen-bond donors (Lipinski definition) is 1. The molecule has 0 radical (unpaired) electrons. The lowest BCUT2D eigenvalue weighted by atomic mass is 10.2. The fourth-order valence-corrected chi connectivity index (χ4v) is 2.10. The van der Waals surface area contributed by atoms with Gasteiger partial charge in [-0.05, 0) is 25.5 Å². The Labute approximate surface area is 106 Å². The van der Waals surface area contributed by atoms with Crippen molar-refractivity contribution in [2.24, 2.45) is 0 Å². The molecule has 1 N–H and O–H groups in total. The number of nitrogens with zero attached hydrogens (tertiary/aromatic N) is 3. The van der Waals surface area contributed by atoms with Crippen LogP contribution >= 0.6 is 0 Å². The number of nitrogens with one attached hydrogen (secondary N) is 1. The summed E-state index contributed by atoms with van der Waals surface area (Å²) in [6.07, 6.45) is 3.27. The lowest BCUT2D eigenvalue weighted by molar-refractivity contribution is -0.127. The van der Waals surface area contributed by atoms with E-state index in [4.69, 9.17) is 5.26 Å². The number of aromatic nitrogens is 1. The van der Waals surface area contributed by atoms with Crippen molar-refractivity contribution in [3.05, 3.63) is 24.0 Å². The zero-order chi connectivity index (χ0) is 13.0. The highest BCUT2D eigenvalue weighted by Crippen LogP contribution is 2.12. The number of carbonyl (C=O) groups excluding carboxylic acids is 1. The first-order valence-electron chi connectivity index (χ1n) is 6.09. The Morgan fingerprint density at radius 1 is 1.61 bits per heavy atom. The molecule has 1 aromatic rings. The number of rotatable bonds is 4. The van der Waals surface area contributed by atoms with Gasteiger partial charge in [0.15, 0.2) is 0 Å². The Morgan fingerprint density at radius 3 is 3.00 bits per heavy atom.